The first-order valence-electron chi connectivity index (χ1n) is 9.69. The van der Waals surface area contributed by atoms with E-state index in [4.69, 9.17) is 27.9 Å². The van der Waals surface area contributed by atoms with Gasteiger partial charge >= 0.3 is 6.18 Å². The molecule has 1 heterocycles. The van der Waals surface area contributed by atoms with Gasteiger partial charge in [-0.25, -0.2) is 0 Å². The zero-order valence-electron chi connectivity index (χ0n) is 17.5. The number of aromatic nitrogens is 3. The predicted molar refractivity (Wildman–Crippen MR) is 122 cm³/mol. The zero-order valence-corrected chi connectivity index (χ0v) is 19.9. The number of hydrogen-bond acceptors (Lipinski definition) is 5. The number of anilines is 1. The lowest BCUT2D eigenvalue weighted by molar-refractivity contribution is -0.137. The number of carbonyl (C=O) groups is 1. The monoisotopic (exact) mass is 518 g/mol. The van der Waals surface area contributed by atoms with Gasteiger partial charge in [0.2, 0.25) is 5.91 Å². The van der Waals surface area contributed by atoms with Crippen LogP contribution in [0.2, 0.25) is 10.0 Å². The Morgan fingerprint density at radius 3 is 2.58 bits per heavy atom. The number of benzene rings is 2. The van der Waals surface area contributed by atoms with Crippen molar-refractivity contribution in [3.8, 4) is 5.75 Å². The van der Waals surface area contributed by atoms with Gasteiger partial charge in [0, 0.05) is 6.54 Å². The molecule has 6 nitrogen and oxygen atoms in total. The molecule has 0 fully saturated rings. The predicted octanol–water partition coefficient (Wildman–Crippen LogP) is 6.24. The molecule has 0 aliphatic rings. The fraction of sp³-hybridized carbons (Fsp3) is 0.286. The summed E-state index contributed by atoms with van der Waals surface area (Å²) in [5.41, 5.74) is -0.0217. The van der Waals surface area contributed by atoms with Gasteiger partial charge in [0.1, 0.15) is 12.4 Å². The summed E-state index contributed by atoms with van der Waals surface area (Å²) in [7, 11) is 0. The molecular formula is C21H19Cl2F3N4O2S. The van der Waals surface area contributed by atoms with Gasteiger partial charge in [0.25, 0.3) is 0 Å². The third-order valence-electron chi connectivity index (χ3n) is 4.45. The molecule has 0 radical (unpaired) electrons. The van der Waals surface area contributed by atoms with Crippen LogP contribution in [0.1, 0.15) is 23.9 Å². The molecule has 1 amide bonds. The van der Waals surface area contributed by atoms with Gasteiger partial charge < -0.3 is 14.6 Å². The fourth-order valence-electron chi connectivity index (χ4n) is 2.83. The highest BCUT2D eigenvalue weighted by atomic mass is 35.5. The normalized spacial score (nSPS) is 11.5. The van der Waals surface area contributed by atoms with Crippen molar-refractivity contribution >= 4 is 46.6 Å². The summed E-state index contributed by atoms with van der Waals surface area (Å²) in [4.78, 5) is 12.3. The van der Waals surface area contributed by atoms with Crippen molar-refractivity contribution in [1.82, 2.24) is 14.8 Å². The van der Waals surface area contributed by atoms with E-state index in [1.807, 2.05) is 26.0 Å². The second-order valence-electron chi connectivity index (χ2n) is 6.89. The quantitative estimate of drug-likeness (QED) is 0.357. The standard InChI is InChI=1S/C21H19Cl2F3N4O2S/c1-3-30-18(10-32-17-8-12(2)4-6-15(17)23)28-29-20(30)33-11-19(31)27-16-9-13(21(24,25)26)5-7-14(16)22/h4-9H,3,10-11H2,1-2H3,(H,27,31). The van der Waals surface area contributed by atoms with Crippen LogP contribution in [0.3, 0.4) is 0 Å². The van der Waals surface area contributed by atoms with Crippen molar-refractivity contribution in [3.05, 3.63) is 63.4 Å². The molecule has 0 spiro atoms. The number of thioether (sulfide) groups is 1. The average Bonchev–Trinajstić information content (AvgIpc) is 3.15. The van der Waals surface area contributed by atoms with E-state index in [9.17, 15) is 18.0 Å². The number of nitrogens with one attached hydrogen (secondary N) is 1. The summed E-state index contributed by atoms with van der Waals surface area (Å²) in [5, 5.41) is 11.6. The summed E-state index contributed by atoms with van der Waals surface area (Å²) in [6.45, 7) is 4.45. The maximum atomic E-state index is 12.9. The Balaban J connectivity index is 1.63. The molecule has 0 atom stereocenters. The van der Waals surface area contributed by atoms with Crippen molar-refractivity contribution in [3.63, 3.8) is 0 Å². The van der Waals surface area contributed by atoms with Crippen LogP contribution in [0.4, 0.5) is 18.9 Å². The van der Waals surface area contributed by atoms with Gasteiger partial charge in [-0.3, -0.25) is 4.79 Å². The van der Waals surface area contributed by atoms with E-state index < -0.39 is 17.6 Å². The Morgan fingerprint density at radius 2 is 1.88 bits per heavy atom. The van der Waals surface area contributed by atoms with Crippen LogP contribution in [0, 0.1) is 6.92 Å². The van der Waals surface area contributed by atoms with Gasteiger partial charge in [0.15, 0.2) is 11.0 Å². The van der Waals surface area contributed by atoms with E-state index in [0.29, 0.717) is 28.3 Å². The van der Waals surface area contributed by atoms with Gasteiger partial charge in [-0.15, -0.1) is 10.2 Å². The molecule has 3 rings (SSSR count). The third-order valence-corrected chi connectivity index (χ3v) is 6.06. The number of ether oxygens (including phenoxy) is 1. The molecule has 1 N–H and O–H groups in total. The van der Waals surface area contributed by atoms with Gasteiger partial charge in [0.05, 0.1) is 27.0 Å². The number of amides is 1. The fourth-order valence-corrected chi connectivity index (χ4v) is 3.99. The van der Waals surface area contributed by atoms with E-state index in [1.165, 1.54) is 0 Å². The molecule has 1 aromatic heterocycles. The van der Waals surface area contributed by atoms with Crippen molar-refractivity contribution in [2.75, 3.05) is 11.1 Å². The molecular weight excluding hydrogens is 500 g/mol. The van der Waals surface area contributed by atoms with Crippen LogP contribution in [0.5, 0.6) is 5.75 Å². The number of alkyl halides is 3. The summed E-state index contributed by atoms with van der Waals surface area (Å²) < 4.78 is 46.3. The number of aryl methyl sites for hydroxylation is 1. The average molecular weight is 519 g/mol. The van der Waals surface area contributed by atoms with E-state index in [0.717, 1.165) is 35.5 Å². The first-order valence-corrected chi connectivity index (χ1v) is 11.4. The lowest BCUT2D eigenvalue weighted by Gasteiger charge is -2.12. The largest absolute Gasteiger partial charge is 0.484 e. The molecule has 0 aliphatic heterocycles. The number of halogens is 5. The SMILES string of the molecule is CCn1c(COc2cc(C)ccc2Cl)nnc1SCC(=O)Nc1cc(C(F)(F)F)ccc1Cl. The highest BCUT2D eigenvalue weighted by Gasteiger charge is 2.31. The lowest BCUT2D eigenvalue weighted by Crippen LogP contribution is -2.16. The molecule has 0 unspecified atom stereocenters. The Hall–Kier alpha value is -2.43. The van der Waals surface area contributed by atoms with Crippen molar-refractivity contribution < 1.29 is 22.7 Å². The molecule has 2 aromatic carbocycles. The first kappa shape index (κ1) is 25.2. The second kappa shape index (κ2) is 10.7. The molecule has 176 valence electrons. The summed E-state index contributed by atoms with van der Waals surface area (Å²) in [6, 6.07) is 8.17. The number of hydrogen-bond donors (Lipinski definition) is 1. The highest BCUT2D eigenvalue weighted by molar-refractivity contribution is 7.99. The number of carbonyl (C=O) groups excluding carboxylic acids is 1. The van der Waals surface area contributed by atoms with Crippen LogP contribution in [-0.2, 0) is 24.1 Å². The van der Waals surface area contributed by atoms with Crippen molar-refractivity contribution in [2.24, 2.45) is 0 Å². The second-order valence-corrected chi connectivity index (χ2v) is 8.65. The highest BCUT2D eigenvalue weighted by Crippen LogP contribution is 2.34. The van der Waals surface area contributed by atoms with Gasteiger partial charge in [-0.05, 0) is 49.7 Å². The Bertz CT molecular complexity index is 1160. The van der Waals surface area contributed by atoms with Crippen molar-refractivity contribution in [1.29, 1.82) is 0 Å². The smallest absolute Gasteiger partial charge is 0.416 e. The third kappa shape index (κ3) is 6.55. The van der Waals surface area contributed by atoms with E-state index >= 15 is 0 Å². The summed E-state index contributed by atoms with van der Waals surface area (Å²) >= 11 is 13.2. The zero-order chi connectivity index (χ0) is 24.2. The Labute approximate surface area is 202 Å². The van der Waals surface area contributed by atoms with Gasteiger partial charge in [-0.2, -0.15) is 13.2 Å². The van der Waals surface area contributed by atoms with Crippen LogP contribution in [0.15, 0.2) is 41.6 Å². The Kier molecular flexibility index (Phi) is 8.14. The summed E-state index contributed by atoms with van der Waals surface area (Å²) in [6.07, 6.45) is -4.54. The molecule has 0 saturated carbocycles. The van der Waals surface area contributed by atoms with Gasteiger partial charge in [-0.1, -0.05) is 41.0 Å². The van der Waals surface area contributed by atoms with E-state index in [1.54, 1.807) is 10.6 Å². The van der Waals surface area contributed by atoms with Crippen LogP contribution >= 0.6 is 35.0 Å². The number of rotatable bonds is 8. The molecule has 0 aliphatic carbocycles. The van der Waals surface area contributed by atoms with Crippen LogP contribution < -0.4 is 10.1 Å². The minimum atomic E-state index is -4.54. The minimum absolute atomic E-state index is 0.00678. The molecule has 0 bridgehead atoms. The topological polar surface area (TPSA) is 69.0 Å². The van der Waals surface area contributed by atoms with Crippen LogP contribution in [-0.4, -0.2) is 26.4 Å². The van der Waals surface area contributed by atoms with Crippen LogP contribution in [0.25, 0.3) is 0 Å². The molecule has 0 saturated heterocycles. The summed E-state index contributed by atoms with van der Waals surface area (Å²) in [5.74, 6) is 0.430. The first-order chi connectivity index (χ1) is 15.6. The van der Waals surface area contributed by atoms with E-state index in [2.05, 4.69) is 15.5 Å². The lowest BCUT2D eigenvalue weighted by atomic mass is 10.2. The molecule has 12 heteroatoms. The minimum Gasteiger partial charge on any atom is -0.484 e. The number of nitrogens with zero attached hydrogens (tertiary/aromatic N) is 3. The maximum Gasteiger partial charge on any atom is 0.416 e. The maximum absolute atomic E-state index is 12.9. The van der Waals surface area contributed by atoms with Crippen molar-refractivity contribution in [2.45, 2.75) is 38.3 Å². The Morgan fingerprint density at radius 1 is 1.15 bits per heavy atom. The van der Waals surface area contributed by atoms with E-state index in [-0.39, 0.29) is 23.1 Å². The molecule has 3 aromatic rings. The molecule has 33 heavy (non-hydrogen) atoms.